The topological polar surface area (TPSA) is 0 Å². The standard InChI is InChI=1S/C33H64.C2H6/c1-11-27(12-2)31(14-4)30-18-16-29(17-19-30)26(10)24(8)25(9)28(13-3)21-33-23(7)15-20-32(33)22(5)6;1-2/h22-33H,11-21H2,1-10H3;1-2H3. The fourth-order valence-electron chi connectivity index (χ4n) is 9.03. The first-order valence-electron chi connectivity index (χ1n) is 16.7. The van der Waals surface area contributed by atoms with Crippen LogP contribution in [0.2, 0.25) is 0 Å². The van der Waals surface area contributed by atoms with E-state index >= 15 is 0 Å². The Bertz CT molecular complexity index is 508. The summed E-state index contributed by atoms with van der Waals surface area (Å²) in [5.41, 5.74) is 0. The lowest BCUT2D eigenvalue weighted by atomic mass is 9.63. The highest BCUT2D eigenvalue weighted by molar-refractivity contribution is 4.89. The summed E-state index contributed by atoms with van der Waals surface area (Å²) in [5.74, 6) is 11.3. The Morgan fingerprint density at radius 3 is 1.57 bits per heavy atom. The second-order valence-electron chi connectivity index (χ2n) is 13.4. The van der Waals surface area contributed by atoms with Crippen molar-refractivity contribution in [2.75, 3.05) is 0 Å². The molecular formula is C35H70. The van der Waals surface area contributed by atoms with Crippen LogP contribution in [0.25, 0.3) is 0 Å². The van der Waals surface area contributed by atoms with E-state index in [2.05, 4.69) is 69.2 Å². The van der Waals surface area contributed by atoms with E-state index in [1.165, 1.54) is 70.6 Å². The lowest BCUT2D eigenvalue weighted by Crippen LogP contribution is -2.33. The molecule has 8 unspecified atom stereocenters. The Morgan fingerprint density at radius 2 is 1.11 bits per heavy atom. The van der Waals surface area contributed by atoms with Gasteiger partial charge in [-0.3, -0.25) is 0 Å². The highest BCUT2D eigenvalue weighted by atomic mass is 14.4. The van der Waals surface area contributed by atoms with Crippen molar-refractivity contribution in [3.8, 4) is 0 Å². The maximum atomic E-state index is 2.63. The minimum absolute atomic E-state index is 0.867. The van der Waals surface area contributed by atoms with E-state index in [1.54, 1.807) is 0 Å². The minimum Gasteiger partial charge on any atom is -0.0683 e. The van der Waals surface area contributed by atoms with Gasteiger partial charge < -0.3 is 0 Å². The Hall–Kier alpha value is 0. The molecule has 2 saturated carbocycles. The third-order valence-electron chi connectivity index (χ3n) is 11.9. The lowest BCUT2D eigenvalue weighted by Gasteiger charge is -2.42. The summed E-state index contributed by atoms with van der Waals surface area (Å²) in [6.45, 7) is 29.2. The molecule has 0 aromatic carbocycles. The molecular weight excluding hydrogens is 420 g/mol. The van der Waals surface area contributed by atoms with Gasteiger partial charge in [0.1, 0.15) is 0 Å². The molecule has 2 aliphatic rings. The average Bonchev–Trinajstić information content (AvgIpc) is 3.25. The molecule has 0 aliphatic heterocycles. The van der Waals surface area contributed by atoms with Gasteiger partial charge >= 0.3 is 0 Å². The molecule has 0 saturated heterocycles. The van der Waals surface area contributed by atoms with Gasteiger partial charge in [0, 0.05) is 0 Å². The highest BCUT2D eigenvalue weighted by Crippen LogP contribution is 2.48. The zero-order valence-corrected chi connectivity index (χ0v) is 26.7. The third-order valence-corrected chi connectivity index (χ3v) is 11.9. The van der Waals surface area contributed by atoms with Gasteiger partial charge in [0.2, 0.25) is 0 Å². The second kappa shape index (κ2) is 16.8. The molecule has 0 spiro atoms. The maximum Gasteiger partial charge on any atom is -0.0355 e. The van der Waals surface area contributed by atoms with Crippen LogP contribution in [-0.2, 0) is 0 Å². The van der Waals surface area contributed by atoms with Gasteiger partial charge in [0.05, 0.1) is 0 Å². The predicted molar refractivity (Wildman–Crippen MR) is 161 cm³/mol. The van der Waals surface area contributed by atoms with E-state index in [4.69, 9.17) is 0 Å². The van der Waals surface area contributed by atoms with Crippen molar-refractivity contribution in [3.63, 3.8) is 0 Å². The van der Waals surface area contributed by atoms with Gasteiger partial charge in [-0.1, -0.05) is 115 Å². The third kappa shape index (κ3) is 8.77. The average molecular weight is 491 g/mol. The first kappa shape index (κ1) is 33.0. The van der Waals surface area contributed by atoms with Crippen LogP contribution in [0.15, 0.2) is 0 Å². The van der Waals surface area contributed by atoms with E-state index in [1.807, 2.05) is 13.8 Å². The van der Waals surface area contributed by atoms with Crippen molar-refractivity contribution in [2.24, 2.45) is 71.0 Å². The molecule has 0 heterocycles. The summed E-state index contributed by atoms with van der Waals surface area (Å²) in [7, 11) is 0. The van der Waals surface area contributed by atoms with Crippen molar-refractivity contribution in [1.82, 2.24) is 0 Å². The summed E-state index contributed by atoms with van der Waals surface area (Å²) in [6.07, 6.45) is 16.0. The molecule has 2 fully saturated rings. The first-order valence-corrected chi connectivity index (χ1v) is 16.7. The van der Waals surface area contributed by atoms with E-state index in [0.29, 0.717) is 0 Å². The molecule has 8 atom stereocenters. The molecule has 0 radical (unpaired) electrons. The molecule has 2 rings (SSSR count). The zero-order chi connectivity index (χ0) is 26.7. The van der Waals surface area contributed by atoms with Crippen LogP contribution in [0.3, 0.4) is 0 Å². The fraction of sp³-hybridized carbons (Fsp3) is 1.00. The van der Waals surface area contributed by atoms with Gasteiger partial charge in [0.25, 0.3) is 0 Å². The largest absolute Gasteiger partial charge is 0.0683 e. The van der Waals surface area contributed by atoms with Gasteiger partial charge in [0.15, 0.2) is 0 Å². The smallest absolute Gasteiger partial charge is 0.0355 e. The Morgan fingerprint density at radius 1 is 0.600 bits per heavy atom. The number of hydrogen-bond acceptors (Lipinski definition) is 0. The summed E-state index contributed by atoms with van der Waals surface area (Å²) < 4.78 is 0. The van der Waals surface area contributed by atoms with Crippen molar-refractivity contribution >= 4 is 0 Å². The highest BCUT2D eigenvalue weighted by Gasteiger charge is 2.39. The van der Waals surface area contributed by atoms with Crippen LogP contribution in [0.4, 0.5) is 0 Å². The zero-order valence-electron chi connectivity index (χ0n) is 26.7. The van der Waals surface area contributed by atoms with Gasteiger partial charge in [-0.15, -0.1) is 0 Å². The molecule has 0 aromatic rings. The fourth-order valence-corrected chi connectivity index (χ4v) is 9.03. The summed E-state index contributed by atoms with van der Waals surface area (Å²) >= 11 is 0. The van der Waals surface area contributed by atoms with E-state index < -0.39 is 0 Å². The number of rotatable bonds is 13. The minimum atomic E-state index is 0.867. The monoisotopic (exact) mass is 491 g/mol. The quantitative estimate of drug-likeness (QED) is 0.241. The molecule has 0 aromatic heterocycles. The molecule has 0 bridgehead atoms. The molecule has 0 N–H and O–H groups in total. The maximum absolute atomic E-state index is 2.63. The van der Waals surface area contributed by atoms with Crippen molar-refractivity contribution < 1.29 is 0 Å². The SMILES string of the molecule is CC.CCC(CC1C(C)CCC1C(C)C)C(C)C(C)C(C)C1CCC(C(CC)C(CC)CC)CC1. The van der Waals surface area contributed by atoms with E-state index in [9.17, 15) is 0 Å². The van der Waals surface area contributed by atoms with Crippen LogP contribution in [-0.4, -0.2) is 0 Å². The van der Waals surface area contributed by atoms with Crippen molar-refractivity contribution in [3.05, 3.63) is 0 Å². The summed E-state index contributed by atoms with van der Waals surface area (Å²) in [5, 5.41) is 0. The van der Waals surface area contributed by atoms with Gasteiger partial charge in [-0.25, -0.2) is 0 Å². The van der Waals surface area contributed by atoms with E-state index in [-0.39, 0.29) is 0 Å². The van der Waals surface area contributed by atoms with Gasteiger partial charge in [-0.2, -0.15) is 0 Å². The Kier molecular flexibility index (Phi) is 15.8. The van der Waals surface area contributed by atoms with E-state index in [0.717, 1.165) is 71.0 Å². The van der Waals surface area contributed by atoms with Crippen LogP contribution in [0, 0.1) is 71.0 Å². The van der Waals surface area contributed by atoms with Crippen LogP contribution < -0.4 is 0 Å². The second-order valence-corrected chi connectivity index (χ2v) is 13.4. The normalized spacial score (nSPS) is 31.5. The van der Waals surface area contributed by atoms with Gasteiger partial charge in [-0.05, 0) is 110 Å². The Labute approximate surface area is 224 Å². The van der Waals surface area contributed by atoms with Crippen LogP contribution in [0.1, 0.15) is 154 Å². The lowest BCUT2D eigenvalue weighted by molar-refractivity contribution is 0.0764. The van der Waals surface area contributed by atoms with Crippen molar-refractivity contribution in [1.29, 1.82) is 0 Å². The van der Waals surface area contributed by atoms with Crippen molar-refractivity contribution in [2.45, 2.75) is 154 Å². The van der Waals surface area contributed by atoms with Crippen LogP contribution in [0.5, 0.6) is 0 Å². The number of hydrogen-bond donors (Lipinski definition) is 0. The molecule has 35 heavy (non-hydrogen) atoms. The molecule has 210 valence electrons. The molecule has 0 nitrogen and oxygen atoms in total. The first-order chi connectivity index (χ1) is 16.7. The Balaban J connectivity index is 0.00000298. The molecule has 2 aliphatic carbocycles. The molecule has 0 heteroatoms. The summed E-state index contributed by atoms with van der Waals surface area (Å²) in [4.78, 5) is 0. The van der Waals surface area contributed by atoms with Crippen LogP contribution >= 0.6 is 0 Å². The predicted octanol–water partition coefficient (Wildman–Crippen LogP) is 11.9. The molecule has 0 amide bonds. The summed E-state index contributed by atoms with van der Waals surface area (Å²) in [6, 6.07) is 0.